The van der Waals surface area contributed by atoms with Gasteiger partial charge in [0.05, 0.1) is 27.7 Å². The second kappa shape index (κ2) is 8.39. The molecule has 27 heavy (non-hydrogen) atoms. The third kappa shape index (κ3) is 4.21. The van der Waals surface area contributed by atoms with Crippen molar-refractivity contribution in [3.63, 3.8) is 0 Å². The summed E-state index contributed by atoms with van der Waals surface area (Å²) in [6.07, 6.45) is 4.90. The van der Waals surface area contributed by atoms with E-state index in [1.165, 1.54) is 16.7 Å². The Morgan fingerprint density at radius 1 is 1.22 bits per heavy atom. The molecule has 1 aromatic carbocycles. The number of pyridine rings is 1. The zero-order valence-electron chi connectivity index (χ0n) is 14.3. The summed E-state index contributed by atoms with van der Waals surface area (Å²) in [5.41, 5.74) is 1.22. The molecule has 0 aliphatic carbocycles. The average molecular weight is 407 g/mol. The van der Waals surface area contributed by atoms with Gasteiger partial charge in [-0.3, -0.25) is 14.3 Å². The second-order valence-corrected chi connectivity index (χ2v) is 6.43. The highest BCUT2D eigenvalue weighted by Gasteiger charge is 2.19. The maximum absolute atomic E-state index is 12.9. The molecule has 0 spiro atoms. The summed E-state index contributed by atoms with van der Waals surface area (Å²) < 4.78 is 6.31. The molecular weight excluding hydrogens is 391 g/mol. The van der Waals surface area contributed by atoms with Crippen LogP contribution in [0.25, 0.3) is 10.9 Å². The molecule has 0 saturated heterocycles. The first-order chi connectivity index (χ1) is 13.0. The van der Waals surface area contributed by atoms with E-state index in [9.17, 15) is 9.59 Å². The first kappa shape index (κ1) is 19.2. The van der Waals surface area contributed by atoms with Crippen LogP contribution in [0, 0.1) is 0 Å². The van der Waals surface area contributed by atoms with Crippen molar-refractivity contribution in [2.75, 3.05) is 25.6 Å². The van der Waals surface area contributed by atoms with Crippen molar-refractivity contribution in [3.8, 4) is 0 Å². The van der Waals surface area contributed by atoms with E-state index in [1.54, 1.807) is 37.8 Å². The second-order valence-electron chi connectivity index (χ2n) is 5.61. The van der Waals surface area contributed by atoms with Crippen molar-refractivity contribution in [1.29, 1.82) is 0 Å². The quantitative estimate of drug-likeness (QED) is 0.630. The van der Waals surface area contributed by atoms with Crippen molar-refractivity contribution in [1.82, 2.24) is 14.9 Å². The minimum absolute atomic E-state index is 0.135. The number of benzene rings is 1. The number of carbonyl (C=O) groups excluding carboxylic acids is 2. The van der Waals surface area contributed by atoms with Crippen molar-refractivity contribution in [3.05, 3.63) is 58.5 Å². The number of ether oxygens (including phenoxy) is 1. The van der Waals surface area contributed by atoms with E-state index in [0.29, 0.717) is 24.4 Å². The van der Waals surface area contributed by atoms with Crippen LogP contribution in [-0.4, -0.2) is 41.8 Å². The number of urea groups is 1. The summed E-state index contributed by atoms with van der Waals surface area (Å²) in [6, 6.07) is 6.04. The predicted octanol–water partition coefficient (Wildman–Crippen LogP) is 3.80. The Kier molecular flexibility index (Phi) is 5.95. The van der Waals surface area contributed by atoms with E-state index in [-0.39, 0.29) is 21.5 Å². The molecule has 2 amide bonds. The molecule has 7 nitrogen and oxygen atoms in total. The molecule has 2 aromatic heterocycles. The van der Waals surface area contributed by atoms with Gasteiger partial charge in [0.2, 0.25) is 0 Å². The predicted molar refractivity (Wildman–Crippen MR) is 105 cm³/mol. The van der Waals surface area contributed by atoms with Crippen molar-refractivity contribution >= 4 is 51.7 Å². The molecule has 0 aliphatic rings. The zero-order chi connectivity index (χ0) is 19.4. The Labute approximate surface area is 165 Å². The number of methoxy groups -OCH3 is 1. The van der Waals surface area contributed by atoms with Gasteiger partial charge in [0.15, 0.2) is 0 Å². The molecule has 0 unspecified atom stereocenters. The molecule has 0 aliphatic heterocycles. The lowest BCUT2D eigenvalue weighted by Crippen LogP contribution is -2.31. The summed E-state index contributed by atoms with van der Waals surface area (Å²) >= 11 is 12.6. The van der Waals surface area contributed by atoms with Gasteiger partial charge in [0, 0.05) is 43.3 Å². The number of nitrogens with one attached hydrogen (secondary N) is 2. The molecule has 140 valence electrons. The highest BCUT2D eigenvalue weighted by atomic mass is 35.5. The standard InChI is InChI=1S/C18H16Cl2N4O3/c1-27-7-5-22-18(26)23-12-8-13(19)16(14(20)9-12)17(25)24-6-3-11-10-21-4-2-15(11)24/h2-4,6,8-10H,5,7H2,1H3,(H2,22,23,26). The number of fused-ring (bicyclic) bond motifs is 1. The van der Waals surface area contributed by atoms with Crippen LogP contribution >= 0.6 is 23.2 Å². The first-order valence-corrected chi connectivity index (χ1v) is 8.75. The molecule has 0 radical (unpaired) electrons. The van der Waals surface area contributed by atoms with Crippen LogP contribution in [0.5, 0.6) is 0 Å². The van der Waals surface area contributed by atoms with Crippen LogP contribution < -0.4 is 10.6 Å². The van der Waals surface area contributed by atoms with Gasteiger partial charge in [0.25, 0.3) is 5.91 Å². The number of nitrogens with zero attached hydrogens (tertiary/aromatic N) is 2. The van der Waals surface area contributed by atoms with Gasteiger partial charge in [-0.15, -0.1) is 0 Å². The van der Waals surface area contributed by atoms with E-state index < -0.39 is 6.03 Å². The first-order valence-electron chi connectivity index (χ1n) is 8.00. The fraction of sp³-hybridized carbons (Fsp3) is 0.167. The summed E-state index contributed by atoms with van der Waals surface area (Å²) in [6.45, 7) is 0.749. The number of hydrogen-bond donors (Lipinski definition) is 2. The summed E-state index contributed by atoms with van der Waals surface area (Å²) in [7, 11) is 1.54. The van der Waals surface area contributed by atoms with Crippen molar-refractivity contribution in [2.24, 2.45) is 0 Å². The third-order valence-electron chi connectivity index (χ3n) is 3.81. The lowest BCUT2D eigenvalue weighted by Gasteiger charge is -2.12. The Hall–Kier alpha value is -2.61. The Morgan fingerprint density at radius 2 is 1.96 bits per heavy atom. The molecule has 9 heteroatoms. The number of rotatable bonds is 5. The summed E-state index contributed by atoms with van der Waals surface area (Å²) in [4.78, 5) is 28.8. The van der Waals surface area contributed by atoms with Crippen LogP contribution in [0.4, 0.5) is 10.5 Å². The van der Waals surface area contributed by atoms with Crippen LogP contribution in [-0.2, 0) is 4.74 Å². The molecule has 0 saturated carbocycles. The number of aromatic nitrogens is 2. The highest BCUT2D eigenvalue weighted by molar-refractivity contribution is 6.40. The number of hydrogen-bond acceptors (Lipinski definition) is 4. The molecule has 2 heterocycles. The summed E-state index contributed by atoms with van der Waals surface area (Å²) in [5.74, 6) is -0.373. The van der Waals surface area contributed by atoms with E-state index in [4.69, 9.17) is 27.9 Å². The van der Waals surface area contributed by atoms with Gasteiger partial charge < -0.3 is 15.4 Å². The van der Waals surface area contributed by atoms with Crippen LogP contribution in [0.2, 0.25) is 10.0 Å². The Balaban J connectivity index is 1.84. The minimum atomic E-state index is -0.429. The Morgan fingerprint density at radius 3 is 2.67 bits per heavy atom. The molecule has 3 rings (SSSR count). The largest absolute Gasteiger partial charge is 0.383 e. The molecule has 0 bridgehead atoms. The van der Waals surface area contributed by atoms with Gasteiger partial charge >= 0.3 is 6.03 Å². The molecular formula is C18H16Cl2N4O3. The fourth-order valence-corrected chi connectivity index (χ4v) is 3.22. The van der Waals surface area contributed by atoms with Crippen molar-refractivity contribution in [2.45, 2.75) is 0 Å². The molecule has 0 atom stereocenters. The smallest absolute Gasteiger partial charge is 0.319 e. The van der Waals surface area contributed by atoms with Gasteiger partial charge in [-0.25, -0.2) is 4.79 Å². The van der Waals surface area contributed by atoms with Gasteiger partial charge in [-0.05, 0) is 24.3 Å². The van der Waals surface area contributed by atoms with Gasteiger partial charge in [0.1, 0.15) is 0 Å². The lowest BCUT2D eigenvalue weighted by atomic mass is 10.2. The van der Waals surface area contributed by atoms with E-state index in [2.05, 4.69) is 15.6 Å². The minimum Gasteiger partial charge on any atom is -0.383 e. The average Bonchev–Trinajstić information content (AvgIpc) is 3.05. The number of amides is 2. The lowest BCUT2D eigenvalue weighted by molar-refractivity contribution is 0.0965. The Bertz CT molecular complexity index is 980. The molecule has 2 N–H and O–H groups in total. The maximum Gasteiger partial charge on any atom is 0.319 e. The fourth-order valence-electron chi connectivity index (χ4n) is 2.57. The normalized spacial score (nSPS) is 10.8. The van der Waals surface area contributed by atoms with Crippen molar-refractivity contribution < 1.29 is 14.3 Å². The van der Waals surface area contributed by atoms with Crippen LogP contribution in [0.15, 0.2) is 42.9 Å². The van der Waals surface area contributed by atoms with E-state index in [1.807, 2.05) is 0 Å². The SMILES string of the molecule is COCCNC(=O)Nc1cc(Cl)c(C(=O)n2ccc3cnccc32)c(Cl)c1. The molecule has 0 fully saturated rings. The molecule has 3 aromatic rings. The topological polar surface area (TPSA) is 85.3 Å². The number of halogens is 2. The maximum atomic E-state index is 12.9. The van der Waals surface area contributed by atoms with E-state index in [0.717, 1.165) is 5.39 Å². The third-order valence-corrected chi connectivity index (χ3v) is 4.41. The van der Waals surface area contributed by atoms with Crippen LogP contribution in [0.3, 0.4) is 0 Å². The van der Waals surface area contributed by atoms with Crippen LogP contribution in [0.1, 0.15) is 10.4 Å². The summed E-state index contributed by atoms with van der Waals surface area (Å²) in [5, 5.41) is 6.32. The highest BCUT2D eigenvalue weighted by Crippen LogP contribution is 2.31. The number of anilines is 1. The van der Waals surface area contributed by atoms with Gasteiger partial charge in [-0.2, -0.15) is 0 Å². The monoisotopic (exact) mass is 406 g/mol. The zero-order valence-corrected chi connectivity index (χ0v) is 15.8. The van der Waals surface area contributed by atoms with E-state index >= 15 is 0 Å². The van der Waals surface area contributed by atoms with Gasteiger partial charge in [-0.1, -0.05) is 23.2 Å². The number of carbonyl (C=O) groups is 2.